The first-order chi connectivity index (χ1) is 13.2. The smallest absolute Gasteiger partial charge is 0.387 e. The van der Waals surface area contributed by atoms with Gasteiger partial charge in [0.25, 0.3) is 5.91 Å². The molecule has 1 aliphatic heterocycles. The summed E-state index contributed by atoms with van der Waals surface area (Å²) in [4.78, 5) is 19.0. The number of hydrogen-bond donors (Lipinski definition) is 1. The highest BCUT2D eigenvalue weighted by atomic mass is 19.3. The lowest BCUT2D eigenvalue weighted by molar-refractivity contribution is -0.132. The third-order valence-corrected chi connectivity index (χ3v) is 5.31. The van der Waals surface area contributed by atoms with Gasteiger partial charge in [-0.1, -0.05) is 19.1 Å². The summed E-state index contributed by atoms with van der Waals surface area (Å²) in [6, 6.07) is 4.47. The molecule has 2 N–H and O–H groups in total. The maximum absolute atomic E-state index is 14.0. The van der Waals surface area contributed by atoms with Gasteiger partial charge in [-0.05, 0) is 54.7 Å². The number of ether oxygens (including phenoxy) is 1. The fourth-order valence-electron chi connectivity index (χ4n) is 3.76. The minimum atomic E-state index is -2.93. The highest BCUT2D eigenvalue weighted by Crippen LogP contribution is 2.45. The Hall–Kier alpha value is -2.77. The Balaban J connectivity index is 2.10. The van der Waals surface area contributed by atoms with Crippen LogP contribution in [0.4, 0.5) is 13.2 Å². The standard InChI is InChI=1S/C20H22F3N3O2/c1-4-12-10-14(5-7-15(12)21)20(17(27)26(3)19(24)25-20)13-6-8-16(11(2)9-13)28-18(22)23/h5-8,10,13,18H,4,9H2,1-3H3,(H2,24,25)/t13?,20-/m1/s1. The third-order valence-electron chi connectivity index (χ3n) is 5.31. The van der Waals surface area contributed by atoms with E-state index < -0.39 is 18.1 Å². The summed E-state index contributed by atoms with van der Waals surface area (Å²) >= 11 is 0. The lowest BCUT2D eigenvalue weighted by Gasteiger charge is -2.34. The van der Waals surface area contributed by atoms with Crippen molar-refractivity contribution in [3.8, 4) is 0 Å². The van der Waals surface area contributed by atoms with Crippen molar-refractivity contribution in [3.63, 3.8) is 0 Å². The first-order valence-corrected chi connectivity index (χ1v) is 8.95. The Morgan fingerprint density at radius 2 is 2.14 bits per heavy atom. The molecule has 1 aromatic rings. The lowest BCUT2D eigenvalue weighted by atomic mass is 9.73. The molecule has 0 radical (unpaired) electrons. The number of amides is 1. The van der Waals surface area contributed by atoms with Crippen LogP contribution >= 0.6 is 0 Å². The topological polar surface area (TPSA) is 67.9 Å². The van der Waals surface area contributed by atoms with Gasteiger partial charge in [0.1, 0.15) is 11.6 Å². The molecule has 2 atom stereocenters. The Morgan fingerprint density at radius 3 is 2.68 bits per heavy atom. The Kier molecular flexibility index (Phi) is 5.23. The van der Waals surface area contributed by atoms with Crippen molar-refractivity contribution in [1.29, 1.82) is 0 Å². The minimum Gasteiger partial charge on any atom is -0.435 e. The van der Waals surface area contributed by atoms with E-state index in [4.69, 9.17) is 5.73 Å². The summed E-state index contributed by atoms with van der Waals surface area (Å²) < 4.78 is 43.8. The number of benzene rings is 1. The van der Waals surface area contributed by atoms with Crippen molar-refractivity contribution < 1.29 is 22.7 Å². The van der Waals surface area contributed by atoms with E-state index in [2.05, 4.69) is 9.73 Å². The molecular formula is C20H22F3N3O2. The van der Waals surface area contributed by atoms with E-state index in [1.54, 1.807) is 19.1 Å². The van der Waals surface area contributed by atoms with Crippen LogP contribution in [-0.4, -0.2) is 30.4 Å². The number of likely N-dealkylation sites (N-methyl/N-ethyl adjacent to an activating group) is 1. The molecule has 1 aromatic carbocycles. The number of halogens is 3. The van der Waals surface area contributed by atoms with Gasteiger partial charge in [0.05, 0.1) is 0 Å². The number of hydrogen-bond acceptors (Lipinski definition) is 4. The van der Waals surface area contributed by atoms with E-state index >= 15 is 0 Å². The summed E-state index contributed by atoms with van der Waals surface area (Å²) in [5, 5.41) is 0. The van der Waals surface area contributed by atoms with Crippen LogP contribution < -0.4 is 5.73 Å². The minimum absolute atomic E-state index is 0.0528. The lowest BCUT2D eigenvalue weighted by Crippen LogP contribution is -2.45. The van der Waals surface area contributed by atoms with Gasteiger partial charge >= 0.3 is 6.61 Å². The fraction of sp³-hybridized carbons (Fsp3) is 0.400. The average Bonchev–Trinajstić information content (AvgIpc) is 2.88. The molecule has 1 amide bonds. The van der Waals surface area contributed by atoms with Gasteiger partial charge in [0, 0.05) is 13.0 Å². The first-order valence-electron chi connectivity index (χ1n) is 8.95. The van der Waals surface area contributed by atoms with Gasteiger partial charge in [-0.3, -0.25) is 9.69 Å². The van der Waals surface area contributed by atoms with Crippen LogP contribution in [0.2, 0.25) is 0 Å². The summed E-state index contributed by atoms with van der Waals surface area (Å²) in [6.07, 6.45) is 3.78. The van der Waals surface area contributed by atoms with Crippen molar-refractivity contribution in [2.24, 2.45) is 16.6 Å². The van der Waals surface area contributed by atoms with Gasteiger partial charge in [-0.25, -0.2) is 9.38 Å². The summed E-state index contributed by atoms with van der Waals surface area (Å²) in [5.41, 5.74) is 6.10. The Bertz CT molecular complexity index is 895. The first kappa shape index (κ1) is 20.0. The number of aryl methyl sites for hydroxylation is 1. The molecule has 1 aliphatic carbocycles. The van der Waals surface area contributed by atoms with Crippen LogP contribution in [0, 0.1) is 11.7 Å². The van der Waals surface area contributed by atoms with Crippen LogP contribution in [0.25, 0.3) is 0 Å². The number of alkyl halides is 2. The van der Waals surface area contributed by atoms with Gasteiger partial charge in [0.2, 0.25) is 0 Å². The molecule has 0 spiro atoms. The van der Waals surface area contributed by atoms with Gasteiger partial charge in [-0.2, -0.15) is 8.78 Å². The van der Waals surface area contributed by atoms with Crippen LogP contribution in [0.15, 0.2) is 46.7 Å². The number of nitrogens with two attached hydrogens (primary N) is 1. The average molecular weight is 393 g/mol. The fourth-order valence-corrected chi connectivity index (χ4v) is 3.76. The predicted octanol–water partition coefficient (Wildman–Crippen LogP) is 3.46. The normalized spacial score (nSPS) is 25.0. The van der Waals surface area contributed by atoms with Crippen molar-refractivity contribution in [2.45, 2.75) is 38.8 Å². The van der Waals surface area contributed by atoms with Crippen molar-refractivity contribution in [2.75, 3.05) is 7.05 Å². The number of rotatable bonds is 5. The Labute approximate surface area is 161 Å². The summed E-state index contributed by atoms with van der Waals surface area (Å²) in [7, 11) is 1.52. The SMILES string of the molecule is CCc1cc([C@@]2(C3C=CC(OC(F)F)=C(C)C3)N=C(N)N(C)C2=O)ccc1F. The molecule has 1 heterocycles. The third kappa shape index (κ3) is 3.16. The molecule has 0 saturated heterocycles. The monoisotopic (exact) mass is 393 g/mol. The summed E-state index contributed by atoms with van der Waals surface area (Å²) in [6.45, 7) is 0.550. The van der Waals surface area contributed by atoms with E-state index in [-0.39, 0.29) is 29.9 Å². The molecule has 8 heteroatoms. The highest BCUT2D eigenvalue weighted by molar-refractivity contribution is 6.07. The van der Waals surface area contributed by atoms with Gasteiger partial charge in [0.15, 0.2) is 11.5 Å². The maximum atomic E-state index is 14.0. The molecule has 0 fully saturated rings. The largest absolute Gasteiger partial charge is 0.435 e. The second kappa shape index (κ2) is 7.33. The zero-order valence-corrected chi connectivity index (χ0v) is 15.9. The molecule has 0 bridgehead atoms. The van der Waals surface area contributed by atoms with E-state index in [1.165, 1.54) is 30.2 Å². The second-order valence-corrected chi connectivity index (χ2v) is 6.95. The number of carbonyl (C=O) groups excluding carboxylic acids is 1. The van der Waals surface area contributed by atoms with Crippen LogP contribution in [0.3, 0.4) is 0 Å². The molecular weight excluding hydrogens is 371 g/mol. The number of aliphatic imine (C=N–C) groups is 1. The molecule has 1 unspecified atom stereocenters. The zero-order chi connectivity index (χ0) is 20.6. The second-order valence-electron chi connectivity index (χ2n) is 6.95. The van der Waals surface area contributed by atoms with Crippen LogP contribution in [-0.2, 0) is 21.5 Å². The van der Waals surface area contributed by atoms with Crippen molar-refractivity contribution in [1.82, 2.24) is 4.90 Å². The van der Waals surface area contributed by atoms with E-state index in [1.807, 2.05) is 6.92 Å². The Morgan fingerprint density at radius 1 is 1.43 bits per heavy atom. The molecule has 2 aliphatic rings. The summed E-state index contributed by atoms with van der Waals surface area (Å²) in [5.74, 6) is -1.06. The number of allylic oxidation sites excluding steroid dienone is 2. The molecule has 3 rings (SSSR count). The molecule has 150 valence electrons. The van der Waals surface area contributed by atoms with E-state index in [9.17, 15) is 18.0 Å². The molecule has 0 aromatic heterocycles. The maximum Gasteiger partial charge on any atom is 0.387 e. The van der Waals surface area contributed by atoms with Crippen LogP contribution in [0.1, 0.15) is 31.4 Å². The van der Waals surface area contributed by atoms with E-state index in [0.717, 1.165) is 0 Å². The predicted molar refractivity (Wildman–Crippen MR) is 98.9 cm³/mol. The number of guanidine groups is 1. The van der Waals surface area contributed by atoms with Crippen molar-refractivity contribution >= 4 is 11.9 Å². The quantitative estimate of drug-likeness (QED) is 0.833. The molecule has 5 nitrogen and oxygen atoms in total. The van der Waals surface area contributed by atoms with Gasteiger partial charge < -0.3 is 10.5 Å². The van der Waals surface area contributed by atoms with Gasteiger partial charge in [-0.15, -0.1) is 0 Å². The molecule has 0 saturated carbocycles. The molecule has 28 heavy (non-hydrogen) atoms. The number of nitrogens with zero attached hydrogens (tertiary/aromatic N) is 2. The van der Waals surface area contributed by atoms with Crippen molar-refractivity contribution in [3.05, 3.63) is 58.6 Å². The van der Waals surface area contributed by atoms with Crippen LogP contribution in [0.5, 0.6) is 0 Å². The number of carbonyl (C=O) groups is 1. The highest BCUT2D eigenvalue weighted by Gasteiger charge is 2.53. The van der Waals surface area contributed by atoms with E-state index in [0.29, 0.717) is 23.1 Å². The zero-order valence-electron chi connectivity index (χ0n) is 15.9.